The van der Waals surface area contributed by atoms with E-state index in [-0.39, 0.29) is 11.3 Å². The highest BCUT2D eigenvalue weighted by Gasteiger charge is 2.37. The van der Waals surface area contributed by atoms with Crippen LogP contribution in [0.1, 0.15) is 18.7 Å². The first-order valence-corrected chi connectivity index (χ1v) is 9.64. The molecule has 0 bridgehead atoms. The van der Waals surface area contributed by atoms with Gasteiger partial charge in [-0.15, -0.1) is 11.8 Å². The highest BCUT2D eigenvalue weighted by molar-refractivity contribution is 7.99. The van der Waals surface area contributed by atoms with Crippen molar-refractivity contribution in [3.05, 3.63) is 41.5 Å². The maximum Gasteiger partial charge on any atom is 0.270 e. The Kier molecular flexibility index (Phi) is 5.70. The van der Waals surface area contributed by atoms with Crippen molar-refractivity contribution in [1.82, 2.24) is 15.8 Å². The van der Waals surface area contributed by atoms with Crippen LogP contribution < -0.4 is 15.5 Å². The van der Waals surface area contributed by atoms with Crippen LogP contribution in [0.15, 0.2) is 40.9 Å². The molecular formula is C18H21N5O3S. The number of carbonyl (C=O) groups is 1. The van der Waals surface area contributed by atoms with E-state index in [1.54, 1.807) is 14.0 Å². The second kappa shape index (κ2) is 8.00. The summed E-state index contributed by atoms with van der Waals surface area (Å²) < 4.78 is 5.18. The first-order chi connectivity index (χ1) is 13.0. The number of hydrogen-bond acceptors (Lipinski definition) is 8. The number of hydrazine groups is 1. The van der Waals surface area contributed by atoms with Crippen molar-refractivity contribution in [3.8, 4) is 11.8 Å². The van der Waals surface area contributed by atoms with E-state index in [1.807, 2.05) is 30.5 Å². The first kappa shape index (κ1) is 19.2. The molecule has 2 heterocycles. The van der Waals surface area contributed by atoms with Gasteiger partial charge in [0.1, 0.15) is 23.7 Å². The van der Waals surface area contributed by atoms with Crippen LogP contribution >= 0.6 is 11.8 Å². The number of nitrogens with one attached hydrogen (secondary N) is 2. The summed E-state index contributed by atoms with van der Waals surface area (Å²) in [6.07, 6.45) is 1.86. The van der Waals surface area contributed by atoms with Crippen molar-refractivity contribution in [1.29, 1.82) is 5.26 Å². The second-order valence-corrected chi connectivity index (χ2v) is 7.15. The van der Waals surface area contributed by atoms with Crippen molar-refractivity contribution in [2.24, 2.45) is 10.9 Å². The molecule has 8 nitrogen and oxygen atoms in total. The largest absolute Gasteiger partial charge is 0.497 e. The fraction of sp³-hybridized carbons (Fsp3) is 0.389. The monoisotopic (exact) mass is 387 g/mol. The second-order valence-electron chi connectivity index (χ2n) is 6.17. The number of hydrogen-bond donors (Lipinski definition) is 3. The molecule has 0 saturated heterocycles. The van der Waals surface area contributed by atoms with E-state index in [9.17, 15) is 15.2 Å². The lowest BCUT2D eigenvalue weighted by Crippen LogP contribution is -2.55. The van der Waals surface area contributed by atoms with Gasteiger partial charge >= 0.3 is 0 Å². The average molecular weight is 387 g/mol. The molecule has 142 valence electrons. The van der Waals surface area contributed by atoms with Crippen LogP contribution in [0.5, 0.6) is 5.75 Å². The summed E-state index contributed by atoms with van der Waals surface area (Å²) in [6, 6.07) is 9.69. The molecule has 4 atom stereocenters. The summed E-state index contributed by atoms with van der Waals surface area (Å²) >= 11 is 1.49. The molecule has 0 fully saturated rings. The van der Waals surface area contributed by atoms with Crippen LogP contribution in [0.3, 0.4) is 0 Å². The standard InChI is InChI=1S/C18H21N5O3S/c1-10-8-14(24)23(18(10)25)22-16-13(9-19)17(27-3)21-15(20-16)11-4-6-12(26-2)7-5-11/h4-8,13-15,17,21,24H,1-3H3,(H,20,22). The molecule has 1 aromatic carbocycles. The van der Waals surface area contributed by atoms with Crippen LogP contribution in [-0.2, 0) is 4.79 Å². The van der Waals surface area contributed by atoms with Gasteiger partial charge in [0.05, 0.1) is 18.6 Å². The van der Waals surface area contributed by atoms with Gasteiger partial charge in [0.25, 0.3) is 5.91 Å². The van der Waals surface area contributed by atoms with E-state index in [0.717, 1.165) is 16.3 Å². The highest BCUT2D eigenvalue weighted by Crippen LogP contribution is 2.29. The lowest BCUT2D eigenvalue weighted by Gasteiger charge is -2.35. The maximum atomic E-state index is 12.2. The van der Waals surface area contributed by atoms with Gasteiger partial charge in [-0.05, 0) is 37.0 Å². The van der Waals surface area contributed by atoms with E-state index in [0.29, 0.717) is 11.4 Å². The Morgan fingerprint density at radius 3 is 2.63 bits per heavy atom. The van der Waals surface area contributed by atoms with Crippen LogP contribution in [0, 0.1) is 17.2 Å². The molecule has 0 radical (unpaired) electrons. The SMILES string of the molecule is COc1ccc(C2N=C(NN3C(=O)C(C)=CC3O)C(C#N)C(SC)N2)cc1. The summed E-state index contributed by atoms with van der Waals surface area (Å²) in [4.78, 5) is 16.8. The fourth-order valence-corrected chi connectivity index (χ4v) is 3.69. The molecule has 4 unspecified atom stereocenters. The van der Waals surface area contributed by atoms with E-state index in [4.69, 9.17) is 4.74 Å². The molecule has 3 rings (SSSR count). The molecule has 0 saturated carbocycles. The Morgan fingerprint density at radius 1 is 1.41 bits per heavy atom. The number of nitrogens with zero attached hydrogens (tertiary/aromatic N) is 3. The Morgan fingerprint density at radius 2 is 2.11 bits per heavy atom. The number of ether oxygens (including phenoxy) is 1. The predicted molar refractivity (Wildman–Crippen MR) is 102 cm³/mol. The molecule has 1 amide bonds. The minimum absolute atomic E-state index is 0.231. The summed E-state index contributed by atoms with van der Waals surface area (Å²) in [6.45, 7) is 1.63. The number of carbonyl (C=O) groups excluding carboxylic acids is 1. The smallest absolute Gasteiger partial charge is 0.270 e. The van der Waals surface area contributed by atoms with Crippen LogP contribution in [-0.4, -0.2) is 46.8 Å². The maximum absolute atomic E-state index is 12.2. The van der Waals surface area contributed by atoms with E-state index < -0.39 is 18.3 Å². The summed E-state index contributed by atoms with van der Waals surface area (Å²) in [5, 5.41) is 23.9. The number of amidine groups is 1. The molecule has 1 aromatic rings. The number of aliphatic hydroxyl groups excluding tert-OH is 1. The van der Waals surface area contributed by atoms with Gasteiger partial charge in [-0.3, -0.25) is 15.5 Å². The van der Waals surface area contributed by atoms with Crippen molar-refractivity contribution >= 4 is 23.5 Å². The zero-order valence-electron chi connectivity index (χ0n) is 15.2. The van der Waals surface area contributed by atoms with Crippen molar-refractivity contribution in [3.63, 3.8) is 0 Å². The predicted octanol–water partition coefficient (Wildman–Crippen LogP) is 1.14. The Hall–Kier alpha value is -2.54. The molecular weight excluding hydrogens is 366 g/mol. The Labute approximate surface area is 161 Å². The lowest BCUT2D eigenvalue weighted by atomic mass is 10.1. The summed E-state index contributed by atoms with van der Waals surface area (Å²) in [5.74, 6) is 0.130. The number of amides is 1. The third-order valence-corrected chi connectivity index (χ3v) is 5.38. The molecule has 0 aliphatic carbocycles. The normalized spacial score (nSPS) is 27.7. The fourth-order valence-electron chi connectivity index (χ4n) is 2.96. The Bertz CT molecular complexity index is 817. The molecule has 0 spiro atoms. The number of aliphatic hydroxyl groups is 1. The van der Waals surface area contributed by atoms with Gasteiger partial charge in [0, 0.05) is 5.57 Å². The first-order valence-electron chi connectivity index (χ1n) is 8.35. The lowest BCUT2D eigenvalue weighted by molar-refractivity contribution is -0.134. The molecule has 0 aromatic heterocycles. The molecule has 3 N–H and O–H groups in total. The molecule has 9 heteroatoms. The van der Waals surface area contributed by atoms with Gasteiger partial charge in [-0.1, -0.05) is 12.1 Å². The van der Waals surface area contributed by atoms with E-state index >= 15 is 0 Å². The third kappa shape index (κ3) is 3.78. The average Bonchev–Trinajstić information content (AvgIpc) is 2.93. The number of benzene rings is 1. The topological polar surface area (TPSA) is 110 Å². The van der Waals surface area contributed by atoms with E-state index in [2.05, 4.69) is 21.8 Å². The van der Waals surface area contributed by atoms with Crippen molar-refractivity contribution in [2.75, 3.05) is 13.4 Å². The van der Waals surface area contributed by atoms with Gasteiger partial charge < -0.3 is 9.84 Å². The van der Waals surface area contributed by atoms with Gasteiger partial charge in [0.2, 0.25) is 0 Å². The van der Waals surface area contributed by atoms with Gasteiger partial charge in [-0.2, -0.15) is 5.26 Å². The zero-order valence-corrected chi connectivity index (χ0v) is 16.0. The molecule has 2 aliphatic heterocycles. The van der Waals surface area contributed by atoms with Crippen LogP contribution in [0.4, 0.5) is 0 Å². The van der Waals surface area contributed by atoms with Gasteiger partial charge in [0.15, 0.2) is 6.23 Å². The molecule has 27 heavy (non-hydrogen) atoms. The summed E-state index contributed by atoms with van der Waals surface area (Å²) in [7, 11) is 1.60. The Balaban J connectivity index is 1.90. The number of nitriles is 1. The number of rotatable bonds is 4. The summed E-state index contributed by atoms with van der Waals surface area (Å²) in [5.41, 5.74) is 4.20. The van der Waals surface area contributed by atoms with Crippen molar-refractivity contribution < 1.29 is 14.6 Å². The van der Waals surface area contributed by atoms with Gasteiger partial charge in [-0.25, -0.2) is 10.0 Å². The molecule has 2 aliphatic rings. The zero-order chi connectivity index (χ0) is 19.6. The van der Waals surface area contributed by atoms with E-state index in [1.165, 1.54) is 17.8 Å². The number of methoxy groups -OCH3 is 1. The highest BCUT2D eigenvalue weighted by atomic mass is 32.2. The third-order valence-electron chi connectivity index (χ3n) is 4.47. The van der Waals surface area contributed by atoms with Crippen LogP contribution in [0.25, 0.3) is 0 Å². The quantitative estimate of drug-likeness (QED) is 0.710. The minimum atomic E-state index is -1.10. The van der Waals surface area contributed by atoms with Crippen molar-refractivity contribution in [2.45, 2.75) is 24.7 Å². The number of thioether (sulfide) groups is 1. The number of aliphatic imine (C=N–C) groups is 1. The van der Waals surface area contributed by atoms with Crippen LogP contribution in [0.2, 0.25) is 0 Å². The minimum Gasteiger partial charge on any atom is -0.497 e.